The summed E-state index contributed by atoms with van der Waals surface area (Å²) < 4.78 is 0. The van der Waals surface area contributed by atoms with Crippen LogP contribution in [-0.4, -0.2) is 47.1 Å². The molecule has 1 unspecified atom stereocenters. The van der Waals surface area contributed by atoms with Crippen LogP contribution in [-0.2, 0) is 5.33 Å². The molecule has 0 aliphatic carbocycles. The third kappa shape index (κ3) is 2.31. The van der Waals surface area contributed by atoms with Crippen molar-refractivity contribution in [1.29, 1.82) is 0 Å². The lowest BCUT2D eigenvalue weighted by atomic mass is 10.2. The first-order chi connectivity index (χ1) is 8.36. The molecule has 2 fully saturated rings. The van der Waals surface area contributed by atoms with E-state index in [-0.39, 0.29) is 0 Å². The van der Waals surface area contributed by atoms with E-state index in [1.807, 2.05) is 12.4 Å². The van der Waals surface area contributed by atoms with Crippen LogP contribution in [0.2, 0.25) is 0 Å². The summed E-state index contributed by atoms with van der Waals surface area (Å²) in [7, 11) is 0. The Hall–Kier alpha value is -0.680. The lowest BCUT2D eigenvalue weighted by molar-refractivity contribution is 0.229. The van der Waals surface area contributed by atoms with Crippen molar-refractivity contribution in [1.82, 2.24) is 14.9 Å². The van der Waals surface area contributed by atoms with E-state index in [0.29, 0.717) is 0 Å². The van der Waals surface area contributed by atoms with E-state index in [1.54, 1.807) is 0 Å². The monoisotopic (exact) mass is 296 g/mol. The second-order valence-corrected chi connectivity index (χ2v) is 5.36. The van der Waals surface area contributed by atoms with Crippen molar-refractivity contribution in [2.45, 2.75) is 24.2 Å². The zero-order chi connectivity index (χ0) is 11.7. The molecule has 3 heterocycles. The number of hydrogen-bond acceptors (Lipinski definition) is 4. The second kappa shape index (κ2) is 4.90. The van der Waals surface area contributed by atoms with Crippen molar-refractivity contribution in [2.75, 3.05) is 31.1 Å². The summed E-state index contributed by atoms with van der Waals surface area (Å²) in [5.41, 5.74) is 1.13. The molecule has 0 aromatic carbocycles. The average molecular weight is 297 g/mol. The number of alkyl halides is 1. The van der Waals surface area contributed by atoms with Crippen LogP contribution >= 0.6 is 15.9 Å². The van der Waals surface area contributed by atoms with Crippen molar-refractivity contribution >= 4 is 21.9 Å². The molecule has 17 heavy (non-hydrogen) atoms. The minimum atomic E-state index is 0.725. The van der Waals surface area contributed by atoms with E-state index in [4.69, 9.17) is 0 Å². The molecule has 1 atom stereocenters. The van der Waals surface area contributed by atoms with Crippen LogP contribution in [0.15, 0.2) is 12.4 Å². The highest BCUT2D eigenvalue weighted by atomic mass is 79.9. The van der Waals surface area contributed by atoms with Crippen molar-refractivity contribution in [3.8, 4) is 0 Å². The van der Waals surface area contributed by atoms with Gasteiger partial charge in [-0.1, -0.05) is 15.9 Å². The molecule has 0 radical (unpaired) electrons. The maximum atomic E-state index is 4.45. The third-order valence-corrected chi connectivity index (χ3v) is 4.36. The van der Waals surface area contributed by atoms with E-state index in [0.717, 1.165) is 42.5 Å². The summed E-state index contributed by atoms with van der Waals surface area (Å²) in [4.78, 5) is 13.8. The van der Waals surface area contributed by atoms with E-state index in [9.17, 15) is 0 Å². The summed E-state index contributed by atoms with van der Waals surface area (Å²) in [6.07, 6.45) is 6.51. The fraction of sp³-hybridized carbons (Fsp3) is 0.667. The highest BCUT2D eigenvalue weighted by Gasteiger charge is 2.31. The maximum absolute atomic E-state index is 4.45. The number of hydrogen-bond donors (Lipinski definition) is 0. The number of rotatable bonds is 2. The van der Waals surface area contributed by atoms with Gasteiger partial charge in [0.05, 0.1) is 0 Å². The minimum Gasteiger partial charge on any atom is -0.338 e. The summed E-state index contributed by atoms with van der Waals surface area (Å²) >= 11 is 3.41. The van der Waals surface area contributed by atoms with E-state index in [1.165, 1.54) is 19.4 Å². The highest BCUT2D eigenvalue weighted by Crippen LogP contribution is 2.23. The van der Waals surface area contributed by atoms with Crippen molar-refractivity contribution in [3.63, 3.8) is 0 Å². The van der Waals surface area contributed by atoms with Gasteiger partial charge in [-0.3, -0.25) is 4.90 Å². The number of nitrogens with zero attached hydrogens (tertiary/aromatic N) is 4. The van der Waals surface area contributed by atoms with Gasteiger partial charge in [0.15, 0.2) is 0 Å². The van der Waals surface area contributed by atoms with Gasteiger partial charge in [-0.2, -0.15) is 0 Å². The molecular formula is C12H17BrN4. The smallest absolute Gasteiger partial charge is 0.225 e. The van der Waals surface area contributed by atoms with Gasteiger partial charge in [0.1, 0.15) is 0 Å². The molecule has 0 bridgehead atoms. The number of fused-ring (bicyclic) bond motifs is 1. The summed E-state index contributed by atoms with van der Waals surface area (Å²) in [6, 6.07) is 0.725. The molecule has 5 heteroatoms. The van der Waals surface area contributed by atoms with Gasteiger partial charge < -0.3 is 4.90 Å². The first-order valence-corrected chi connectivity index (χ1v) is 7.35. The van der Waals surface area contributed by atoms with Crippen LogP contribution in [0.3, 0.4) is 0 Å². The van der Waals surface area contributed by atoms with E-state index in [2.05, 4.69) is 35.7 Å². The number of anilines is 1. The molecule has 0 amide bonds. The molecule has 1 aromatic heterocycles. The van der Waals surface area contributed by atoms with Gasteiger partial charge in [-0.15, -0.1) is 0 Å². The van der Waals surface area contributed by atoms with Crippen LogP contribution in [0.5, 0.6) is 0 Å². The SMILES string of the molecule is BrCc1cnc(N2CCN3CCCC3C2)nc1. The summed E-state index contributed by atoms with van der Waals surface area (Å²) in [5, 5.41) is 0.823. The Bertz CT molecular complexity index is 381. The fourth-order valence-corrected chi connectivity index (χ4v) is 3.04. The number of halogens is 1. The molecule has 3 rings (SSSR count). The predicted molar refractivity (Wildman–Crippen MR) is 71.5 cm³/mol. The Balaban J connectivity index is 1.71. The van der Waals surface area contributed by atoms with Crippen molar-refractivity contribution in [3.05, 3.63) is 18.0 Å². The molecule has 0 N–H and O–H groups in total. The van der Waals surface area contributed by atoms with Crippen LogP contribution in [0.4, 0.5) is 5.95 Å². The summed E-state index contributed by atoms with van der Waals surface area (Å²) in [6.45, 7) is 4.59. The molecule has 1 aromatic rings. The van der Waals surface area contributed by atoms with Crippen LogP contribution < -0.4 is 4.90 Å². The van der Waals surface area contributed by atoms with Gasteiger partial charge in [0.25, 0.3) is 0 Å². The zero-order valence-electron chi connectivity index (χ0n) is 9.85. The Kier molecular flexibility index (Phi) is 3.29. The van der Waals surface area contributed by atoms with Gasteiger partial charge in [0.2, 0.25) is 5.95 Å². The molecule has 92 valence electrons. The molecule has 0 spiro atoms. The van der Waals surface area contributed by atoms with Crippen LogP contribution in [0.25, 0.3) is 0 Å². The average Bonchev–Trinajstić information content (AvgIpc) is 2.86. The molecule has 2 aliphatic heterocycles. The predicted octanol–water partition coefficient (Wildman–Crippen LogP) is 1.66. The molecule has 2 aliphatic rings. The van der Waals surface area contributed by atoms with Crippen LogP contribution in [0.1, 0.15) is 18.4 Å². The van der Waals surface area contributed by atoms with E-state index >= 15 is 0 Å². The molecule has 0 saturated carbocycles. The zero-order valence-corrected chi connectivity index (χ0v) is 11.4. The molecular weight excluding hydrogens is 280 g/mol. The fourth-order valence-electron chi connectivity index (χ4n) is 2.75. The number of aromatic nitrogens is 2. The quantitative estimate of drug-likeness (QED) is 0.777. The van der Waals surface area contributed by atoms with Crippen molar-refractivity contribution < 1.29 is 0 Å². The molecule has 4 nitrogen and oxygen atoms in total. The minimum absolute atomic E-state index is 0.725. The topological polar surface area (TPSA) is 32.3 Å². The lowest BCUT2D eigenvalue weighted by Crippen LogP contribution is -2.50. The van der Waals surface area contributed by atoms with Gasteiger partial charge in [-0.25, -0.2) is 9.97 Å². The summed E-state index contributed by atoms with van der Waals surface area (Å²) in [5.74, 6) is 0.890. The first kappa shape index (κ1) is 11.4. The maximum Gasteiger partial charge on any atom is 0.225 e. The Morgan fingerprint density at radius 1 is 1.24 bits per heavy atom. The first-order valence-electron chi connectivity index (χ1n) is 6.22. The largest absolute Gasteiger partial charge is 0.338 e. The Morgan fingerprint density at radius 3 is 2.82 bits per heavy atom. The van der Waals surface area contributed by atoms with Gasteiger partial charge in [-0.05, 0) is 24.9 Å². The standard InChI is InChI=1S/C12H17BrN4/c13-6-10-7-14-12(15-8-10)17-5-4-16-3-1-2-11(16)9-17/h7-8,11H,1-6,9H2. The normalized spacial score (nSPS) is 25.0. The number of piperazine rings is 1. The molecule has 2 saturated heterocycles. The van der Waals surface area contributed by atoms with E-state index < -0.39 is 0 Å². The van der Waals surface area contributed by atoms with Gasteiger partial charge >= 0.3 is 0 Å². The third-order valence-electron chi connectivity index (χ3n) is 3.72. The van der Waals surface area contributed by atoms with Crippen molar-refractivity contribution in [2.24, 2.45) is 0 Å². The Morgan fingerprint density at radius 2 is 2.06 bits per heavy atom. The Labute approximate surface area is 110 Å². The second-order valence-electron chi connectivity index (χ2n) is 4.80. The lowest BCUT2D eigenvalue weighted by Gasteiger charge is -2.37. The highest BCUT2D eigenvalue weighted by molar-refractivity contribution is 9.08. The van der Waals surface area contributed by atoms with Crippen LogP contribution in [0, 0.1) is 0 Å². The van der Waals surface area contributed by atoms with Gasteiger partial charge in [0, 0.05) is 43.4 Å².